The lowest BCUT2D eigenvalue weighted by Gasteiger charge is -2.16. The van der Waals surface area contributed by atoms with Gasteiger partial charge in [0.1, 0.15) is 22.7 Å². The average Bonchev–Trinajstić information content (AvgIpc) is 3.73. The number of nitrogens with one attached hydrogen (secondary N) is 3. The van der Waals surface area contributed by atoms with Crippen LogP contribution >= 0.6 is 0 Å². The van der Waals surface area contributed by atoms with Crippen LogP contribution in [0.1, 0.15) is 23.2 Å². The molecule has 0 unspecified atom stereocenters. The molecule has 0 saturated heterocycles. The highest BCUT2D eigenvalue weighted by molar-refractivity contribution is 6.17. The molecule has 10 heteroatoms. The number of hydrogen-bond donors (Lipinski definition) is 4. The third-order valence-electron chi connectivity index (χ3n) is 6.44. The maximum absolute atomic E-state index is 13.1. The van der Waals surface area contributed by atoms with Gasteiger partial charge in [0.15, 0.2) is 0 Å². The van der Waals surface area contributed by atoms with E-state index in [0.29, 0.717) is 57.9 Å². The number of primary amides is 1. The van der Waals surface area contributed by atoms with Crippen molar-refractivity contribution in [2.75, 3.05) is 23.0 Å². The van der Waals surface area contributed by atoms with Gasteiger partial charge in [0, 0.05) is 35.7 Å². The standard InChI is InChI=1S/C28H24FN5O4/c1-31-22-15-23-20(14-21(22)25(30)35)24(10-13-32-23)38-19-8-6-18(7-9-19)34-27(37)28(11-12-28)26(36)33-17-4-2-16(29)3-5-17/h2-10,13-15,31H,11-12H2,1H3,(H2,30,35)(H,33,36)(H,34,37). The molecule has 0 bridgehead atoms. The maximum Gasteiger partial charge on any atom is 0.250 e. The highest BCUT2D eigenvalue weighted by Crippen LogP contribution is 2.47. The summed E-state index contributed by atoms with van der Waals surface area (Å²) in [6, 6.07) is 17.1. The zero-order valence-corrected chi connectivity index (χ0v) is 20.4. The molecule has 3 aromatic carbocycles. The van der Waals surface area contributed by atoms with Crippen molar-refractivity contribution in [1.29, 1.82) is 0 Å². The van der Waals surface area contributed by atoms with Crippen LogP contribution in [0.25, 0.3) is 10.9 Å². The van der Waals surface area contributed by atoms with E-state index < -0.39 is 29.0 Å². The molecule has 0 spiro atoms. The first-order valence-corrected chi connectivity index (χ1v) is 11.9. The number of fused-ring (bicyclic) bond motifs is 1. The first kappa shape index (κ1) is 24.7. The molecule has 3 amide bonds. The van der Waals surface area contributed by atoms with Gasteiger partial charge < -0.3 is 26.4 Å². The molecule has 1 aromatic heterocycles. The number of anilines is 3. The Morgan fingerprint density at radius 3 is 2.08 bits per heavy atom. The second-order valence-corrected chi connectivity index (χ2v) is 8.96. The highest BCUT2D eigenvalue weighted by atomic mass is 19.1. The second-order valence-electron chi connectivity index (χ2n) is 8.96. The van der Waals surface area contributed by atoms with Crippen LogP contribution in [0, 0.1) is 11.2 Å². The Hall–Kier alpha value is -4.99. The number of amides is 3. The summed E-state index contributed by atoms with van der Waals surface area (Å²) in [6.07, 6.45) is 2.44. The van der Waals surface area contributed by atoms with E-state index in [2.05, 4.69) is 20.9 Å². The quantitative estimate of drug-likeness (QED) is 0.253. The van der Waals surface area contributed by atoms with E-state index in [1.807, 2.05) is 0 Å². The number of nitrogens with two attached hydrogens (primary N) is 1. The molecule has 1 fully saturated rings. The van der Waals surface area contributed by atoms with Crippen LogP contribution < -0.4 is 26.4 Å². The minimum atomic E-state index is -1.16. The molecule has 5 rings (SSSR count). The van der Waals surface area contributed by atoms with Crippen molar-refractivity contribution in [3.05, 3.63) is 84.3 Å². The lowest BCUT2D eigenvalue weighted by Crippen LogP contribution is -2.35. The second kappa shape index (κ2) is 9.81. The number of aromatic nitrogens is 1. The average molecular weight is 514 g/mol. The predicted octanol–water partition coefficient (Wildman–Crippen LogP) is 4.66. The van der Waals surface area contributed by atoms with Gasteiger partial charge in [-0.15, -0.1) is 0 Å². The van der Waals surface area contributed by atoms with Gasteiger partial charge in [-0.1, -0.05) is 0 Å². The summed E-state index contributed by atoms with van der Waals surface area (Å²) in [5.41, 5.74) is 6.78. The SMILES string of the molecule is CNc1cc2nccc(Oc3ccc(NC(=O)C4(C(=O)Nc5ccc(F)cc5)CC4)cc3)c2cc1C(N)=O. The highest BCUT2D eigenvalue weighted by Gasteiger charge is 2.56. The van der Waals surface area contributed by atoms with Crippen LogP contribution in [0.5, 0.6) is 11.5 Å². The third kappa shape index (κ3) is 4.83. The fourth-order valence-electron chi connectivity index (χ4n) is 4.12. The van der Waals surface area contributed by atoms with Gasteiger partial charge in [-0.2, -0.15) is 0 Å². The van der Waals surface area contributed by atoms with Crippen molar-refractivity contribution in [2.45, 2.75) is 12.8 Å². The first-order chi connectivity index (χ1) is 18.3. The zero-order chi connectivity index (χ0) is 26.9. The van der Waals surface area contributed by atoms with Crippen LogP contribution in [-0.4, -0.2) is 29.8 Å². The summed E-state index contributed by atoms with van der Waals surface area (Å²) in [6.45, 7) is 0. The maximum atomic E-state index is 13.1. The number of rotatable bonds is 8. The van der Waals surface area contributed by atoms with E-state index >= 15 is 0 Å². The molecule has 1 heterocycles. The molecule has 0 aliphatic heterocycles. The Balaban J connectivity index is 1.28. The van der Waals surface area contributed by atoms with Gasteiger partial charge in [0.2, 0.25) is 11.8 Å². The Morgan fingerprint density at radius 1 is 0.921 bits per heavy atom. The van der Waals surface area contributed by atoms with E-state index in [-0.39, 0.29) is 0 Å². The van der Waals surface area contributed by atoms with Gasteiger partial charge in [-0.05, 0) is 79.6 Å². The molecule has 5 N–H and O–H groups in total. The smallest absolute Gasteiger partial charge is 0.250 e. The lowest BCUT2D eigenvalue weighted by atomic mass is 10.0. The number of benzene rings is 3. The number of nitrogens with zero attached hydrogens (tertiary/aromatic N) is 1. The summed E-state index contributed by atoms with van der Waals surface area (Å²) < 4.78 is 19.2. The summed E-state index contributed by atoms with van der Waals surface area (Å²) in [5, 5.41) is 9.03. The van der Waals surface area contributed by atoms with Crippen molar-refractivity contribution in [1.82, 2.24) is 4.98 Å². The molecule has 4 aromatic rings. The Bertz CT molecular complexity index is 1550. The third-order valence-corrected chi connectivity index (χ3v) is 6.44. The number of hydrogen-bond acceptors (Lipinski definition) is 6. The summed E-state index contributed by atoms with van der Waals surface area (Å²) >= 11 is 0. The van der Waals surface area contributed by atoms with E-state index in [1.54, 1.807) is 55.7 Å². The number of carbonyl (C=O) groups is 3. The van der Waals surface area contributed by atoms with Gasteiger partial charge in [0.05, 0.1) is 11.1 Å². The van der Waals surface area contributed by atoms with Crippen molar-refractivity contribution in [2.24, 2.45) is 11.1 Å². The molecule has 1 aliphatic rings. The minimum absolute atomic E-state index is 0.313. The van der Waals surface area contributed by atoms with Gasteiger partial charge in [-0.25, -0.2) is 4.39 Å². The normalized spacial score (nSPS) is 13.4. The van der Waals surface area contributed by atoms with E-state index in [9.17, 15) is 18.8 Å². The minimum Gasteiger partial charge on any atom is -0.457 e. The molecule has 0 radical (unpaired) electrons. The molecular formula is C28H24FN5O4. The van der Waals surface area contributed by atoms with E-state index in [0.717, 1.165) is 0 Å². The largest absolute Gasteiger partial charge is 0.457 e. The van der Waals surface area contributed by atoms with Crippen LogP contribution in [0.15, 0.2) is 72.9 Å². The van der Waals surface area contributed by atoms with Crippen LogP contribution in [0.2, 0.25) is 0 Å². The molecule has 1 aliphatic carbocycles. The number of ether oxygens (including phenoxy) is 1. The molecule has 38 heavy (non-hydrogen) atoms. The number of halogens is 1. The predicted molar refractivity (Wildman–Crippen MR) is 142 cm³/mol. The van der Waals surface area contributed by atoms with Crippen molar-refractivity contribution < 1.29 is 23.5 Å². The van der Waals surface area contributed by atoms with Crippen molar-refractivity contribution >= 4 is 45.7 Å². The number of carbonyl (C=O) groups excluding carboxylic acids is 3. The summed E-state index contributed by atoms with van der Waals surface area (Å²) in [7, 11) is 1.69. The summed E-state index contributed by atoms with van der Waals surface area (Å²) in [4.78, 5) is 41.9. The van der Waals surface area contributed by atoms with Crippen molar-refractivity contribution in [3.63, 3.8) is 0 Å². The molecule has 1 saturated carbocycles. The molecule has 9 nitrogen and oxygen atoms in total. The zero-order valence-electron chi connectivity index (χ0n) is 20.4. The Morgan fingerprint density at radius 2 is 1.53 bits per heavy atom. The lowest BCUT2D eigenvalue weighted by molar-refractivity contribution is -0.131. The van der Waals surface area contributed by atoms with E-state index in [4.69, 9.17) is 10.5 Å². The van der Waals surface area contributed by atoms with Gasteiger partial charge in [0.25, 0.3) is 5.91 Å². The molecular weight excluding hydrogens is 489 g/mol. The molecule has 192 valence electrons. The van der Waals surface area contributed by atoms with Gasteiger partial charge in [-0.3, -0.25) is 19.4 Å². The van der Waals surface area contributed by atoms with Crippen LogP contribution in [0.3, 0.4) is 0 Å². The topological polar surface area (TPSA) is 135 Å². The Labute approximate surface area is 217 Å². The van der Waals surface area contributed by atoms with Gasteiger partial charge >= 0.3 is 0 Å². The van der Waals surface area contributed by atoms with Crippen molar-refractivity contribution in [3.8, 4) is 11.5 Å². The fourth-order valence-corrected chi connectivity index (χ4v) is 4.12. The number of pyridine rings is 1. The first-order valence-electron chi connectivity index (χ1n) is 11.9. The Kier molecular flexibility index (Phi) is 6.38. The molecule has 0 atom stereocenters. The van der Waals surface area contributed by atoms with Crippen LogP contribution in [0.4, 0.5) is 21.5 Å². The monoisotopic (exact) mass is 513 g/mol. The fraction of sp³-hybridized carbons (Fsp3) is 0.143. The summed E-state index contributed by atoms with van der Waals surface area (Å²) in [5.74, 6) is -0.862. The van der Waals surface area contributed by atoms with Crippen LogP contribution in [-0.2, 0) is 9.59 Å². The van der Waals surface area contributed by atoms with E-state index in [1.165, 1.54) is 24.3 Å².